The summed E-state index contributed by atoms with van der Waals surface area (Å²) in [5, 5.41) is 2.31. The number of halogens is 1. The molecule has 1 aromatic carbocycles. The molecule has 0 aliphatic carbocycles. The van der Waals surface area contributed by atoms with Gasteiger partial charge in [-0.25, -0.2) is 0 Å². The maximum absolute atomic E-state index is 11.7. The lowest BCUT2D eigenvalue weighted by atomic mass is 10.2. The molecule has 3 nitrogen and oxygen atoms in total. The molecule has 84 valence electrons. The van der Waals surface area contributed by atoms with Gasteiger partial charge in [-0.05, 0) is 23.6 Å². The van der Waals surface area contributed by atoms with E-state index in [1.54, 1.807) is 23.6 Å². The minimum atomic E-state index is -0.281. The highest BCUT2D eigenvalue weighted by molar-refractivity contribution is 7.17. The van der Waals surface area contributed by atoms with E-state index >= 15 is 0 Å². The van der Waals surface area contributed by atoms with Crippen LogP contribution in [0.1, 0.15) is 0 Å². The Morgan fingerprint density at radius 2 is 2.06 bits per heavy atom. The smallest absolute Gasteiger partial charge is 0.294 e. The van der Waals surface area contributed by atoms with Gasteiger partial charge in [0.2, 0.25) is 5.89 Å². The first-order valence-corrected chi connectivity index (χ1v) is 6.15. The van der Waals surface area contributed by atoms with Gasteiger partial charge in [-0.1, -0.05) is 23.7 Å². The van der Waals surface area contributed by atoms with Crippen LogP contribution in [0.5, 0.6) is 0 Å². The minimum absolute atomic E-state index is 0.256. The molecule has 0 radical (unpaired) electrons. The average Bonchev–Trinajstić information content (AvgIpc) is 2.78. The number of rotatable bonds is 1. The van der Waals surface area contributed by atoms with Gasteiger partial charge in [0.05, 0.1) is 10.6 Å². The molecular formula is C12H6ClNO2S. The van der Waals surface area contributed by atoms with Crippen molar-refractivity contribution in [3.8, 4) is 11.5 Å². The van der Waals surface area contributed by atoms with Gasteiger partial charge in [0, 0.05) is 0 Å². The summed E-state index contributed by atoms with van der Waals surface area (Å²) in [7, 11) is 0. The zero-order chi connectivity index (χ0) is 11.8. The van der Waals surface area contributed by atoms with E-state index < -0.39 is 0 Å². The third kappa shape index (κ3) is 1.75. The van der Waals surface area contributed by atoms with Crippen LogP contribution in [-0.2, 0) is 0 Å². The monoisotopic (exact) mass is 263 g/mol. The summed E-state index contributed by atoms with van der Waals surface area (Å²) >= 11 is 7.36. The Kier molecular flexibility index (Phi) is 2.46. The summed E-state index contributed by atoms with van der Waals surface area (Å²) in [6.45, 7) is 0. The Labute approximate surface area is 105 Å². The highest BCUT2D eigenvalue weighted by Crippen LogP contribution is 2.27. The Morgan fingerprint density at radius 3 is 2.88 bits per heavy atom. The Hall–Kier alpha value is -1.65. The van der Waals surface area contributed by atoms with Gasteiger partial charge < -0.3 is 4.42 Å². The van der Waals surface area contributed by atoms with Crippen molar-refractivity contribution < 1.29 is 4.42 Å². The number of nitrogens with zero attached hydrogens (tertiary/aromatic N) is 1. The maximum atomic E-state index is 11.7. The fourth-order valence-corrected chi connectivity index (χ4v) is 2.47. The van der Waals surface area contributed by atoms with E-state index in [2.05, 4.69) is 4.98 Å². The van der Waals surface area contributed by atoms with Crippen LogP contribution in [0.2, 0.25) is 5.02 Å². The molecule has 0 atom stereocenters. The lowest BCUT2D eigenvalue weighted by Crippen LogP contribution is -2.05. The molecule has 0 spiro atoms. The van der Waals surface area contributed by atoms with Crippen LogP contribution >= 0.6 is 22.9 Å². The zero-order valence-corrected chi connectivity index (χ0v) is 10.1. The van der Waals surface area contributed by atoms with Crippen LogP contribution in [0.25, 0.3) is 21.7 Å². The van der Waals surface area contributed by atoms with Gasteiger partial charge in [-0.15, -0.1) is 11.3 Å². The molecule has 0 aliphatic rings. The van der Waals surface area contributed by atoms with E-state index in [9.17, 15) is 4.79 Å². The second kappa shape index (κ2) is 3.98. The second-order valence-electron chi connectivity index (χ2n) is 3.42. The first-order valence-electron chi connectivity index (χ1n) is 4.89. The summed E-state index contributed by atoms with van der Waals surface area (Å²) < 4.78 is 6.09. The van der Waals surface area contributed by atoms with Gasteiger partial charge in [-0.2, -0.15) is 4.98 Å². The fraction of sp³-hybridized carbons (Fsp3) is 0. The van der Waals surface area contributed by atoms with Gasteiger partial charge in [0.25, 0.3) is 5.56 Å². The quantitative estimate of drug-likeness (QED) is 0.674. The molecule has 0 bridgehead atoms. The van der Waals surface area contributed by atoms with Crippen LogP contribution in [0.15, 0.2) is 44.9 Å². The Balaban J connectivity index is 2.32. The van der Waals surface area contributed by atoms with Gasteiger partial charge in [0.15, 0.2) is 5.58 Å². The molecular weight excluding hydrogens is 258 g/mol. The third-order valence-electron chi connectivity index (χ3n) is 2.34. The Morgan fingerprint density at radius 1 is 1.24 bits per heavy atom. The molecule has 0 N–H and O–H groups in total. The molecule has 3 rings (SSSR count). The minimum Gasteiger partial charge on any atom is -0.436 e. The molecule has 2 heterocycles. The van der Waals surface area contributed by atoms with Crippen LogP contribution in [0.3, 0.4) is 0 Å². The van der Waals surface area contributed by atoms with Crippen molar-refractivity contribution in [2.24, 2.45) is 0 Å². The molecule has 5 heteroatoms. The lowest BCUT2D eigenvalue weighted by molar-refractivity contribution is 0.597. The molecule has 0 saturated heterocycles. The SMILES string of the molecule is O=c1nc(-c2ccccc2Cl)oc2ccsc12. The van der Waals surface area contributed by atoms with E-state index in [0.717, 1.165) is 0 Å². The number of thiophene rings is 1. The standard InChI is InChI=1S/C12H6ClNO2S/c13-8-4-2-1-3-7(8)12-14-11(15)10-9(16-12)5-6-17-10/h1-6H. The van der Waals surface area contributed by atoms with E-state index in [1.807, 2.05) is 12.1 Å². The predicted octanol–water partition coefficient (Wildman–Crippen LogP) is 3.57. The van der Waals surface area contributed by atoms with E-state index in [0.29, 0.717) is 20.9 Å². The molecule has 0 aliphatic heterocycles. The summed E-state index contributed by atoms with van der Waals surface area (Å²) in [6, 6.07) is 8.89. The van der Waals surface area contributed by atoms with Crippen molar-refractivity contribution in [2.75, 3.05) is 0 Å². The first-order chi connectivity index (χ1) is 8.25. The van der Waals surface area contributed by atoms with Crippen molar-refractivity contribution >= 4 is 33.2 Å². The van der Waals surface area contributed by atoms with Gasteiger partial charge >= 0.3 is 0 Å². The molecule has 3 aromatic rings. The summed E-state index contributed by atoms with van der Waals surface area (Å²) in [5.41, 5.74) is 0.889. The van der Waals surface area contributed by atoms with Crippen molar-refractivity contribution in [2.45, 2.75) is 0 Å². The van der Waals surface area contributed by atoms with Crippen molar-refractivity contribution in [1.29, 1.82) is 0 Å². The maximum Gasteiger partial charge on any atom is 0.294 e. The predicted molar refractivity (Wildman–Crippen MR) is 68.6 cm³/mol. The van der Waals surface area contributed by atoms with Crippen LogP contribution in [0.4, 0.5) is 0 Å². The number of aromatic nitrogens is 1. The van der Waals surface area contributed by atoms with Crippen LogP contribution in [-0.4, -0.2) is 4.98 Å². The Bertz CT molecular complexity index is 747. The number of benzene rings is 1. The normalized spacial score (nSPS) is 10.9. The second-order valence-corrected chi connectivity index (χ2v) is 4.74. The number of hydrogen-bond acceptors (Lipinski definition) is 4. The van der Waals surface area contributed by atoms with Crippen molar-refractivity contribution in [1.82, 2.24) is 4.98 Å². The van der Waals surface area contributed by atoms with Crippen molar-refractivity contribution in [3.05, 3.63) is 51.1 Å². The van der Waals surface area contributed by atoms with E-state index in [1.165, 1.54) is 11.3 Å². The van der Waals surface area contributed by atoms with Crippen LogP contribution < -0.4 is 5.56 Å². The topological polar surface area (TPSA) is 43.1 Å². The van der Waals surface area contributed by atoms with Gasteiger partial charge in [-0.3, -0.25) is 4.79 Å². The zero-order valence-electron chi connectivity index (χ0n) is 8.51. The molecule has 0 amide bonds. The van der Waals surface area contributed by atoms with E-state index in [-0.39, 0.29) is 11.4 Å². The van der Waals surface area contributed by atoms with Crippen molar-refractivity contribution in [3.63, 3.8) is 0 Å². The molecule has 0 unspecified atom stereocenters. The highest BCUT2D eigenvalue weighted by Gasteiger charge is 2.11. The molecule has 0 saturated carbocycles. The lowest BCUT2D eigenvalue weighted by Gasteiger charge is -2.01. The average molecular weight is 264 g/mol. The number of hydrogen-bond donors (Lipinski definition) is 0. The largest absolute Gasteiger partial charge is 0.436 e. The number of fused-ring (bicyclic) bond motifs is 1. The molecule has 2 aromatic heterocycles. The van der Waals surface area contributed by atoms with E-state index in [4.69, 9.17) is 16.0 Å². The van der Waals surface area contributed by atoms with Crippen LogP contribution in [0, 0.1) is 0 Å². The molecule has 17 heavy (non-hydrogen) atoms. The fourth-order valence-electron chi connectivity index (χ4n) is 1.55. The molecule has 0 fully saturated rings. The first kappa shape index (κ1) is 10.5. The third-order valence-corrected chi connectivity index (χ3v) is 3.55. The van der Waals surface area contributed by atoms with Gasteiger partial charge in [0.1, 0.15) is 4.70 Å². The highest BCUT2D eigenvalue weighted by atomic mass is 35.5. The summed E-state index contributed by atoms with van der Waals surface area (Å²) in [6.07, 6.45) is 0. The summed E-state index contributed by atoms with van der Waals surface area (Å²) in [4.78, 5) is 15.6. The summed E-state index contributed by atoms with van der Waals surface area (Å²) in [5.74, 6) is 0.256.